The molecule has 16 heavy (non-hydrogen) atoms. The third-order valence-corrected chi connectivity index (χ3v) is 3.24. The second-order valence-corrected chi connectivity index (χ2v) is 5.57. The molecule has 0 bridgehead atoms. The number of hydrogen-bond acceptors (Lipinski definition) is 0. The summed E-state index contributed by atoms with van der Waals surface area (Å²) in [6.07, 6.45) is 6.96. The predicted octanol–water partition coefficient (Wildman–Crippen LogP) is 4.84. The molecule has 1 aromatic carbocycles. The zero-order chi connectivity index (χ0) is 11.6. The lowest BCUT2D eigenvalue weighted by molar-refractivity contribution is 0.391. The third kappa shape index (κ3) is 2.63. The van der Waals surface area contributed by atoms with Crippen LogP contribution in [0.3, 0.4) is 0 Å². The van der Waals surface area contributed by atoms with Crippen LogP contribution in [0.5, 0.6) is 0 Å². The molecule has 0 radical (unpaired) electrons. The van der Waals surface area contributed by atoms with Crippen molar-refractivity contribution in [1.82, 2.24) is 0 Å². The Kier molecular flexibility index (Phi) is 3.00. The summed E-state index contributed by atoms with van der Waals surface area (Å²) in [5.74, 6) is 0. The molecule has 0 spiro atoms. The molecule has 0 fully saturated rings. The highest BCUT2D eigenvalue weighted by Gasteiger charge is 2.26. The summed E-state index contributed by atoms with van der Waals surface area (Å²) in [7, 11) is 0. The molecular formula is C16H20. The fraction of sp³-hybridized carbons (Fsp3) is 0.375. The van der Waals surface area contributed by atoms with E-state index in [0.29, 0.717) is 5.41 Å². The highest BCUT2D eigenvalue weighted by molar-refractivity contribution is 5.54. The Morgan fingerprint density at radius 3 is 2.25 bits per heavy atom. The zero-order valence-corrected chi connectivity index (χ0v) is 10.5. The van der Waals surface area contributed by atoms with Crippen LogP contribution in [0, 0.1) is 5.41 Å². The van der Waals surface area contributed by atoms with E-state index in [4.69, 9.17) is 0 Å². The predicted molar refractivity (Wildman–Crippen MR) is 71.2 cm³/mol. The number of benzene rings is 1. The highest BCUT2D eigenvalue weighted by Crippen LogP contribution is 2.41. The molecular weight excluding hydrogens is 192 g/mol. The van der Waals surface area contributed by atoms with Crippen molar-refractivity contribution >= 4 is 6.08 Å². The van der Waals surface area contributed by atoms with E-state index in [1.54, 1.807) is 5.57 Å². The van der Waals surface area contributed by atoms with Gasteiger partial charge in [0.1, 0.15) is 0 Å². The largest absolute Gasteiger partial charge is 0.0696 e. The van der Waals surface area contributed by atoms with E-state index in [9.17, 15) is 0 Å². The molecule has 0 saturated heterocycles. The van der Waals surface area contributed by atoms with Crippen LogP contribution in [-0.2, 0) is 0 Å². The SMILES string of the molecule is CC1=C(/C=C\c2ccccc2)CC(C)(C)C1. The zero-order valence-electron chi connectivity index (χ0n) is 10.5. The van der Waals surface area contributed by atoms with Crippen LogP contribution < -0.4 is 0 Å². The molecule has 0 N–H and O–H groups in total. The van der Waals surface area contributed by atoms with Gasteiger partial charge in [0, 0.05) is 0 Å². The topological polar surface area (TPSA) is 0 Å². The number of hydrogen-bond donors (Lipinski definition) is 0. The molecule has 2 rings (SSSR count). The minimum absolute atomic E-state index is 0.459. The molecule has 0 atom stereocenters. The number of allylic oxidation sites excluding steroid dienone is 3. The van der Waals surface area contributed by atoms with Crippen LogP contribution >= 0.6 is 0 Å². The molecule has 0 saturated carbocycles. The van der Waals surface area contributed by atoms with Crippen molar-refractivity contribution in [2.75, 3.05) is 0 Å². The first-order chi connectivity index (χ1) is 7.57. The lowest BCUT2D eigenvalue weighted by atomic mass is 9.89. The van der Waals surface area contributed by atoms with Crippen LogP contribution in [0.2, 0.25) is 0 Å². The molecule has 0 heteroatoms. The summed E-state index contributed by atoms with van der Waals surface area (Å²) in [5, 5.41) is 0. The van der Waals surface area contributed by atoms with Crippen molar-refractivity contribution in [3.63, 3.8) is 0 Å². The van der Waals surface area contributed by atoms with Crippen LogP contribution in [0.15, 0.2) is 47.6 Å². The summed E-state index contributed by atoms with van der Waals surface area (Å²) in [5.41, 5.74) is 4.82. The van der Waals surface area contributed by atoms with Gasteiger partial charge in [0.2, 0.25) is 0 Å². The van der Waals surface area contributed by atoms with Gasteiger partial charge in [0.25, 0.3) is 0 Å². The summed E-state index contributed by atoms with van der Waals surface area (Å²) in [4.78, 5) is 0. The normalized spacial score (nSPS) is 19.7. The van der Waals surface area contributed by atoms with E-state index in [1.165, 1.54) is 24.0 Å². The number of rotatable bonds is 2. The minimum Gasteiger partial charge on any atom is -0.0696 e. The summed E-state index contributed by atoms with van der Waals surface area (Å²) in [6, 6.07) is 10.5. The summed E-state index contributed by atoms with van der Waals surface area (Å²) < 4.78 is 0. The minimum atomic E-state index is 0.459. The van der Waals surface area contributed by atoms with Gasteiger partial charge in [-0.2, -0.15) is 0 Å². The van der Waals surface area contributed by atoms with Crippen molar-refractivity contribution in [2.45, 2.75) is 33.6 Å². The molecule has 1 aliphatic rings. The first-order valence-corrected chi connectivity index (χ1v) is 5.99. The molecule has 0 aromatic heterocycles. The molecule has 0 heterocycles. The molecule has 84 valence electrons. The second-order valence-electron chi connectivity index (χ2n) is 5.57. The van der Waals surface area contributed by atoms with Gasteiger partial charge in [-0.05, 0) is 36.3 Å². The van der Waals surface area contributed by atoms with Crippen molar-refractivity contribution in [2.24, 2.45) is 5.41 Å². The maximum atomic E-state index is 2.35. The molecule has 1 aromatic rings. The fourth-order valence-corrected chi connectivity index (χ4v) is 2.52. The van der Waals surface area contributed by atoms with Gasteiger partial charge in [-0.1, -0.05) is 61.9 Å². The average Bonchev–Trinajstić information content (AvgIpc) is 2.50. The monoisotopic (exact) mass is 212 g/mol. The van der Waals surface area contributed by atoms with E-state index in [-0.39, 0.29) is 0 Å². The highest BCUT2D eigenvalue weighted by atomic mass is 14.3. The van der Waals surface area contributed by atoms with E-state index in [2.05, 4.69) is 63.3 Å². The first-order valence-electron chi connectivity index (χ1n) is 5.99. The van der Waals surface area contributed by atoms with E-state index >= 15 is 0 Å². The van der Waals surface area contributed by atoms with Gasteiger partial charge in [-0.25, -0.2) is 0 Å². The van der Waals surface area contributed by atoms with Gasteiger partial charge >= 0.3 is 0 Å². The van der Waals surface area contributed by atoms with E-state index < -0.39 is 0 Å². The van der Waals surface area contributed by atoms with Crippen molar-refractivity contribution in [3.8, 4) is 0 Å². The lowest BCUT2D eigenvalue weighted by Gasteiger charge is -2.16. The van der Waals surface area contributed by atoms with Gasteiger partial charge in [-0.15, -0.1) is 0 Å². The fourth-order valence-electron chi connectivity index (χ4n) is 2.52. The smallest absolute Gasteiger partial charge is 0.0225 e. The maximum Gasteiger partial charge on any atom is -0.0225 e. The standard InChI is InChI=1S/C16H20/c1-13-11-16(2,3)12-15(13)10-9-14-7-5-4-6-8-14/h4-10H,11-12H2,1-3H3/b10-9-. The van der Waals surface area contributed by atoms with E-state index in [1.807, 2.05) is 0 Å². The second kappa shape index (κ2) is 4.29. The lowest BCUT2D eigenvalue weighted by Crippen LogP contribution is -2.04. The van der Waals surface area contributed by atoms with E-state index in [0.717, 1.165) is 0 Å². The van der Waals surface area contributed by atoms with Gasteiger partial charge in [0.15, 0.2) is 0 Å². The van der Waals surface area contributed by atoms with Crippen LogP contribution in [0.25, 0.3) is 6.08 Å². The summed E-state index contributed by atoms with van der Waals surface area (Å²) >= 11 is 0. The molecule has 1 aliphatic carbocycles. The molecule has 0 nitrogen and oxygen atoms in total. The first kappa shape index (κ1) is 11.2. The van der Waals surface area contributed by atoms with Crippen LogP contribution in [0.1, 0.15) is 39.2 Å². The molecule has 0 aliphatic heterocycles. The quantitative estimate of drug-likeness (QED) is 0.658. The van der Waals surface area contributed by atoms with Crippen molar-refractivity contribution in [3.05, 3.63) is 53.1 Å². The van der Waals surface area contributed by atoms with Crippen molar-refractivity contribution in [1.29, 1.82) is 0 Å². The third-order valence-electron chi connectivity index (χ3n) is 3.24. The molecule has 0 unspecified atom stereocenters. The van der Waals surface area contributed by atoms with Crippen LogP contribution in [-0.4, -0.2) is 0 Å². The Bertz CT molecular complexity index is 419. The maximum absolute atomic E-state index is 2.35. The average molecular weight is 212 g/mol. The Morgan fingerprint density at radius 1 is 1.00 bits per heavy atom. The van der Waals surface area contributed by atoms with Gasteiger partial charge in [-0.3, -0.25) is 0 Å². The summed E-state index contributed by atoms with van der Waals surface area (Å²) in [6.45, 7) is 6.96. The van der Waals surface area contributed by atoms with Crippen LogP contribution in [0.4, 0.5) is 0 Å². The Hall–Kier alpha value is -1.30. The van der Waals surface area contributed by atoms with Gasteiger partial charge < -0.3 is 0 Å². The molecule has 0 amide bonds. The van der Waals surface area contributed by atoms with Crippen molar-refractivity contribution < 1.29 is 0 Å². The Labute approximate surface area is 98.7 Å². The Morgan fingerprint density at radius 2 is 1.69 bits per heavy atom. The van der Waals surface area contributed by atoms with Gasteiger partial charge in [0.05, 0.1) is 0 Å². The Balaban J connectivity index is 2.12.